The Kier molecular flexibility index (Phi) is 17.0. The van der Waals surface area contributed by atoms with Crippen molar-refractivity contribution in [2.75, 3.05) is 52.5 Å². The molecular weight excluding hydrogens is 439 g/mol. The van der Waals surface area contributed by atoms with E-state index in [1.54, 1.807) is 0 Å². The fourth-order valence-corrected chi connectivity index (χ4v) is 3.27. The van der Waals surface area contributed by atoms with Crippen molar-refractivity contribution in [3.63, 3.8) is 0 Å². The molecule has 0 saturated carbocycles. The van der Waals surface area contributed by atoms with Crippen LogP contribution in [0.25, 0.3) is 0 Å². The average molecular weight is 482 g/mol. The maximum Gasteiger partial charge on any atom is 0.191 e. The number of nitrogens with one attached hydrogen (secondary N) is 2. The van der Waals surface area contributed by atoms with Crippen molar-refractivity contribution in [3.8, 4) is 0 Å². The average Bonchev–Trinajstić information content (AvgIpc) is 2.58. The Hall–Kier alpha value is -0.0800. The predicted molar refractivity (Wildman–Crippen MR) is 124 cm³/mol. The third kappa shape index (κ3) is 13.1. The highest BCUT2D eigenvalue weighted by molar-refractivity contribution is 14.0. The van der Waals surface area contributed by atoms with Crippen LogP contribution in [0, 0.1) is 11.8 Å². The molecule has 1 atom stereocenters. The number of aliphatic imine (C=N–C) groups is 1. The molecular formula is C20H43IN4O. The summed E-state index contributed by atoms with van der Waals surface area (Å²) in [5.74, 6) is 2.40. The SMILES string of the molecule is CCCCOCCCNC(=NCC1CCCN(CC(C)C)C1)NCC.I. The molecule has 5 nitrogen and oxygen atoms in total. The zero-order chi connectivity index (χ0) is 18.3. The van der Waals surface area contributed by atoms with E-state index < -0.39 is 0 Å². The number of guanidine groups is 1. The van der Waals surface area contributed by atoms with Crippen LogP contribution in [0.2, 0.25) is 0 Å². The van der Waals surface area contributed by atoms with Gasteiger partial charge in [-0.1, -0.05) is 27.2 Å². The van der Waals surface area contributed by atoms with E-state index in [9.17, 15) is 0 Å². The van der Waals surface area contributed by atoms with Crippen LogP contribution >= 0.6 is 24.0 Å². The van der Waals surface area contributed by atoms with Crippen LogP contribution in [0.15, 0.2) is 4.99 Å². The smallest absolute Gasteiger partial charge is 0.191 e. The first kappa shape index (κ1) is 25.9. The van der Waals surface area contributed by atoms with Crippen molar-refractivity contribution >= 4 is 29.9 Å². The Balaban J connectivity index is 0.00000625. The zero-order valence-electron chi connectivity index (χ0n) is 17.6. The van der Waals surface area contributed by atoms with Gasteiger partial charge in [-0.05, 0) is 51.0 Å². The van der Waals surface area contributed by atoms with Crippen molar-refractivity contribution in [2.24, 2.45) is 16.8 Å². The maximum atomic E-state index is 5.61. The van der Waals surface area contributed by atoms with Gasteiger partial charge in [0.15, 0.2) is 5.96 Å². The van der Waals surface area contributed by atoms with Crippen molar-refractivity contribution in [3.05, 3.63) is 0 Å². The molecule has 0 aromatic rings. The summed E-state index contributed by atoms with van der Waals surface area (Å²) in [6, 6.07) is 0. The Morgan fingerprint density at radius 1 is 1.19 bits per heavy atom. The molecule has 1 unspecified atom stereocenters. The van der Waals surface area contributed by atoms with Gasteiger partial charge in [0.2, 0.25) is 0 Å². The Labute approximate surface area is 179 Å². The summed E-state index contributed by atoms with van der Waals surface area (Å²) < 4.78 is 5.61. The van der Waals surface area contributed by atoms with Gasteiger partial charge >= 0.3 is 0 Å². The first-order chi connectivity index (χ1) is 12.2. The molecule has 2 N–H and O–H groups in total. The number of piperidine rings is 1. The summed E-state index contributed by atoms with van der Waals surface area (Å²) in [5, 5.41) is 6.80. The van der Waals surface area contributed by atoms with Crippen LogP contribution < -0.4 is 10.6 Å². The predicted octanol–water partition coefficient (Wildman–Crippen LogP) is 3.73. The van der Waals surface area contributed by atoms with Gasteiger partial charge in [-0.2, -0.15) is 0 Å². The quantitative estimate of drug-likeness (QED) is 0.193. The van der Waals surface area contributed by atoms with Gasteiger partial charge in [-0.15, -0.1) is 24.0 Å². The molecule has 0 aliphatic carbocycles. The minimum Gasteiger partial charge on any atom is -0.381 e. The molecule has 6 heteroatoms. The standard InChI is InChI=1S/C20H42N4O.HI/c1-5-7-13-25-14-9-11-22-20(21-6-2)23-15-19-10-8-12-24(17-19)16-18(3)4;/h18-19H,5-17H2,1-4H3,(H2,21,22,23);1H. The number of hydrogen-bond acceptors (Lipinski definition) is 3. The van der Waals surface area contributed by atoms with E-state index in [2.05, 4.69) is 43.2 Å². The molecule has 1 heterocycles. The van der Waals surface area contributed by atoms with E-state index in [4.69, 9.17) is 9.73 Å². The minimum absolute atomic E-state index is 0. The van der Waals surface area contributed by atoms with Crippen LogP contribution in [0.5, 0.6) is 0 Å². The molecule has 1 saturated heterocycles. The Morgan fingerprint density at radius 2 is 1.96 bits per heavy atom. The third-order valence-electron chi connectivity index (χ3n) is 4.48. The normalized spacial score (nSPS) is 18.7. The third-order valence-corrected chi connectivity index (χ3v) is 4.48. The fraction of sp³-hybridized carbons (Fsp3) is 0.950. The van der Waals surface area contributed by atoms with E-state index in [1.165, 1.54) is 38.9 Å². The summed E-state index contributed by atoms with van der Waals surface area (Å²) >= 11 is 0. The van der Waals surface area contributed by atoms with Crippen LogP contribution in [0.1, 0.15) is 59.8 Å². The van der Waals surface area contributed by atoms with Gasteiger partial charge in [-0.3, -0.25) is 4.99 Å². The second-order valence-corrected chi connectivity index (χ2v) is 7.63. The maximum absolute atomic E-state index is 5.61. The summed E-state index contributed by atoms with van der Waals surface area (Å²) in [7, 11) is 0. The molecule has 1 fully saturated rings. The highest BCUT2D eigenvalue weighted by Crippen LogP contribution is 2.17. The monoisotopic (exact) mass is 482 g/mol. The second-order valence-electron chi connectivity index (χ2n) is 7.63. The van der Waals surface area contributed by atoms with Gasteiger partial charge in [-0.25, -0.2) is 0 Å². The number of hydrogen-bond donors (Lipinski definition) is 2. The molecule has 1 aliphatic heterocycles. The molecule has 26 heavy (non-hydrogen) atoms. The number of ether oxygens (including phenoxy) is 1. The van der Waals surface area contributed by atoms with E-state index in [1.807, 2.05) is 0 Å². The molecule has 0 spiro atoms. The van der Waals surface area contributed by atoms with Gasteiger partial charge in [0.25, 0.3) is 0 Å². The number of nitrogens with zero attached hydrogens (tertiary/aromatic N) is 2. The van der Waals surface area contributed by atoms with E-state index in [-0.39, 0.29) is 24.0 Å². The van der Waals surface area contributed by atoms with Gasteiger partial charge < -0.3 is 20.3 Å². The Bertz CT molecular complexity index is 353. The van der Waals surface area contributed by atoms with Crippen molar-refractivity contribution in [1.82, 2.24) is 15.5 Å². The van der Waals surface area contributed by atoms with Crippen molar-refractivity contribution in [2.45, 2.75) is 59.8 Å². The topological polar surface area (TPSA) is 48.9 Å². The van der Waals surface area contributed by atoms with Gasteiger partial charge in [0.1, 0.15) is 0 Å². The summed E-state index contributed by atoms with van der Waals surface area (Å²) in [5.41, 5.74) is 0. The molecule has 1 aliphatic rings. The summed E-state index contributed by atoms with van der Waals surface area (Å²) in [6.45, 7) is 17.1. The lowest BCUT2D eigenvalue weighted by Crippen LogP contribution is -2.41. The summed E-state index contributed by atoms with van der Waals surface area (Å²) in [6.07, 6.45) is 6.01. The fourth-order valence-electron chi connectivity index (χ4n) is 3.27. The van der Waals surface area contributed by atoms with Crippen molar-refractivity contribution in [1.29, 1.82) is 0 Å². The first-order valence-electron chi connectivity index (χ1n) is 10.5. The number of likely N-dealkylation sites (tertiary alicyclic amines) is 1. The van der Waals surface area contributed by atoms with Crippen LogP contribution in [0.3, 0.4) is 0 Å². The lowest BCUT2D eigenvalue weighted by atomic mass is 9.97. The number of halogens is 1. The van der Waals surface area contributed by atoms with Crippen LogP contribution in [0.4, 0.5) is 0 Å². The Morgan fingerprint density at radius 3 is 2.65 bits per heavy atom. The number of unbranched alkanes of at least 4 members (excludes halogenated alkanes) is 1. The lowest BCUT2D eigenvalue weighted by Gasteiger charge is -2.33. The highest BCUT2D eigenvalue weighted by Gasteiger charge is 2.20. The largest absolute Gasteiger partial charge is 0.381 e. The molecule has 0 bridgehead atoms. The van der Waals surface area contributed by atoms with E-state index >= 15 is 0 Å². The molecule has 0 amide bonds. The molecule has 0 aromatic heterocycles. The molecule has 1 rings (SSSR count). The van der Waals surface area contributed by atoms with Crippen LogP contribution in [-0.2, 0) is 4.74 Å². The lowest BCUT2D eigenvalue weighted by molar-refractivity contribution is 0.129. The zero-order valence-corrected chi connectivity index (χ0v) is 19.9. The van der Waals surface area contributed by atoms with E-state index in [0.29, 0.717) is 5.92 Å². The molecule has 0 aromatic carbocycles. The molecule has 156 valence electrons. The molecule has 0 radical (unpaired) electrons. The summed E-state index contributed by atoms with van der Waals surface area (Å²) in [4.78, 5) is 7.44. The van der Waals surface area contributed by atoms with Crippen LogP contribution in [-0.4, -0.2) is 63.3 Å². The second kappa shape index (κ2) is 17.0. The number of rotatable bonds is 12. The van der Waals surface area contributed by atoms with Gasteiger partial charge in [0, 0.05) is 45.9 Å². The van der Waals surface area contributed by atoms with Crippen molar-refractivity contribution < 1.29 is 4.74 Å². The minimum atomic E-state index is 0. The van der Waals surface area contributed by atoms with Gasteiger partial charge in [0.05, 0.1) is 0 Å². The van der Waals surface area contributed by atoms with E-state index in [0.717, 1.165) is 57.6 Å². The first-order valence-corrected chi connectivity index (χ1v) is 10.5. The highest BCUT2D eigenvalue weighted by atomic mass is 127.